The van der Waals surface area contributed by atoms with E-state index in [-0.39, 0.29) is 17.0 Å². The molecule has 1 amide bonds. The van der Waals surface area contributed by atoms with E-state index in [1.165, 1.54) is 0 Å². The number of aromatic nitrogens is 2. The maximum atomic E-state index is 12.0. The van der Waals surface area contributed by atoms with Gasteiger partial charge in [-0.15, -0.1) is 0 Å². The second-order valence-electron chi connectivity index (χ2n) is 6.46. The van der Waals surface area contributed by atoms with Crippen molar-refractivity contribution in [3.05, 3.63) is 17.5 Å². The van der Waals surface area contributed by atoms with Crippen molar-refractivity contribution in [1.82, 2.24) is 15.1 Å². The molecule has 0 aliphatic carbocycles. The highest BCUT2D eigenvalue weighted by atomic mass is 16.2. The lowest BCUT2D eigenvalue weighted by Crippen LogP contribution is -2.40. The van der Waals surface area contributed by atoms with Gasteiger partial charge in [0.1, 0.15) is 5.69 Å². The summed E-state index contributed by atoms with van der Waals surface area (Å²) in [5.41, 5.74) is 1.13. The molecular weight excluding hydrogens is 214 g/mol. The Morgan fingerprint density at radius 3 is 2.12 bits per heavy atom. The molecule has 0 atom stereocenters. The maximum Gasteiger partial charge on any atom is 0.272 e. The monoisotopic (exact) mass is 237 g/mol. The summed E-state index contributed by atoms with van der Waals surface area (Å²) in [6.45, 7) is 14.0. The quantitative estimate of drug-likeness (QED) is 0.815. The molecule has 0 bridgehead atoms. The molecule has 0 spiro atoms. The van der Waals surface area contributed by atoms with E-state index < -0.39 is 0 Å². The first-order valence-corrected chi connectivity index (χ1v) is 5.90. The number of nitrogens with zero attached hydrogens (tertiary/aromatic N) is 2. The smallest absolute Gasteiger partial charge is 0.272 e. The molecule has 1 aromatic rings. The van der Waals surface area contributed by atoms with Crippen LogP contribution in [0.3, 0.4) is 0 Å². The molecule has 0 unspecified atom stereocenters. The Hall–Kier alpha value is -1.32. The number of aryl methyl sites for hydroxylation is 1. The van der Waals surface area contributed by atoms with Gasteiger partial charge in [-0.25, -0.2) is 0 Å². The first-order chi connectivity index (χ1) is 7.50. The fraction of sp³-hybridized carbons (Fsp3) is 0.692. The molecule has 0 aliphatic heterocycles. The number of hydrogen-bond donors (Lipinski definition) is 1. The van der Waals surface area contributed by atoms with E-state index in [9.17, 15) is 4.79 Å². The van der Waals surface area contributed by atoms with Gasteiger partial charge in [0.05, 0.1) is 5.54 Å². The maximum absolute atomic E-state index is 12.0. The van der Waals surface area contributed by atoms with Gasteiger partial charge in [0, 0.05) is 11.2 Å². The largest absolute Gasteiger partial charge is 0.346 e. The van der Waals surface area contributed by atoms with Crippen LogP contribution in [0.15, 0.2) is 6.07 Å². The molecule has 0 saturated heterocycles. The number of carbonyl (C=O) groups excluding carboxylic acids is 1. The van der Waals surface area contributed by atoms with Crippen molar-refractivity contribution in [2.45, 2.75) is 59.5 Å². The van der Waals surface area contributed by atoms with Crippen molar-refractivity contribution in [2.75, 3.05) is 0 Å². The predicted molar refractivity (Wildman–Crippen MR) is 69.2 cm³/mol. The summed E-state index contributed by atoms with van der Waals surface area (Å²) in [5, 5.41) is 7.28. The Bertz CT molecular complexity index is 419. The molecule has 4 heteroatoms. The Morgan fingerprint density at radius 1 is 1.24 bits per heavy atom. The summed E-state index contributed by atoms with van der Waals surface area (Å²) in [4.78, 5) is 12.0. The molecule has 96 valence electrons. The Labute approximate surface area is 103 Å². The minimum absolute atomic E-state index is 0.107. The molecule has 17 heavy (non-hydrogen) atoms. The first kappa shape index (κ1) is 13.7. The molecular formula is C13H23N3O. The van der Waals surface area contributed by atoms with Crippen LogP contribution < -0.4 is 5.32 Å². The predicted octanol–water partition coefficient (Wildman–Crippen LogP) is 2.47. The topological polar surface area (TPSA) is 46.9 Å². The zero-order valence-corrected chi connectivity index (χ0v) is 11.9. The van der Waals surface area contributed by atoms with E-state index in [1.807, 2.05) is 38.4 Å². The second kappa shape index (κ2) is 4.17. The van der Waals surface area contributed by atoms with Crippen LogP contribution in [-0.2, 0) is 5.54 Å². The van der Waals surface area contributed by atoms with Crippen molar-refractivity contribution in [3.8, 4) is 0 Å². The van der Waals surface area contributed by atoms with Crippen LogP contribution in [0.4, 0.5) is 0 Å². The number of rotatable bonds is 1. The highest BCUT2D eigenvalue weighted by Gasteiger charge is 2.22. The molecule has 1 aromatic heterocycles. The summed E-state index contributed by atoms with van der Waals surface area (Å²) in [5.74, 6) is -0.122. The average molecular weight is 237 g/mol. The molecule has 1 N–H and O–H groups in total. The van der Waals surface area contributed by atoms with Gasteiger partial charge in [-0.3, -0.25) is 9.48 Å². The van der Waals surface area contributed by atoms with E-state index in [0.29, 0.717) is 5.69 Å². The summed E-state index contributed by atoms with van der Waals surface area (Å²) in [6.07, 6.45) is 0. The number of amides is 1. The number of carbonyl (C=O) groups is 1. The van der Waals surface area contributed by atoms with Gasteiger partial charge in [0.25, 0.3) is 5.91 Å². The fourth-order valence-corrected chi connectivity index (χ4v) is 1.67. The van der Waals surface area contributed by atoms with Gasteiger partial charge in [-0.05, 0) is 54.5 Å². The van der Waals surface area contributed by atoms with E-state index >= 15 is 0 Å². The molecule has 4 nitrogen and oxygen atoms in total. The van der Waals surface area contributed by atoms with Crippen molar-refractivity contribution in [3.63, 3.8) is 0 Å². The molecule has 0 saturated carbocycles. The average Bonchev–Trinajstić information content (AvgIpc) is 2.42. The van der Waals surface area contributed by atoms with E-state index in [4.69, 9.17) is 0 Å². The van der Waals surface area contributed by atoms with E-state index in [1.54, 1.807) is 0 Å². The van der Waals surface area contributed by atoms with Crippen molar-refractivity contribution < 1.29 is 4.79 Å². The Morgan fingerprint density at radius 2 is 1.76 bits per heavy atom. The third-order valence-corrected chi connectivity index (χ3v) is 2.24. The van der Waals surface area contributed by atoms with Crippen LogP contribution in [0, 0.1) is 6.92 Å². The normalized spacial score (nSPS) is 12.6. The highest BCUT2D eigenvalue weighted by Crippen LogP contribution is 2.17. The minimum Gasteiger partial charge on any atom is -0.346 e. The third-order valence-electron chi connectivity index (χ3n) is 2.24. The lowest BCUT2D eigenvalue weighted by Gasteiger charge is -2.21. The minimum atomic E-state index is -0.240. The summed E-state index contributed by atoms with van der Waals surface area (Å²) in [6, 6.07) is 1.83. The van der Waals surface area contributed by atoms with Crippen LogP contribution in [0.25, 0.3) is 0 Å². The van der Waals surface area contributed by atoms with Gasteiger partial charge >= 0.3 is 0 Å². The number of hydrogen-bond acceptors (Lipinski definition) is 2. The van der Waals surface area contributed by atoms with Crippen LogP contribution >= 0.6 is 0 Å². The van der Waals surface area contributed by atoms with Crippen LogP contribution in [0.2, 0.25) is 0 Å². The molecule has 0 radical (unpaired) electrons. The zero-order chi connectivity index (χ0) is 13.4. The van der Waals surface area contributed by atoms with Crippen molar-refractivity contribution in [2.24, 2.45) is 0 Å². The Kier molecular flexibility index (Phi) is 3.37. The second-order valence-corrected chi connectivity index (χ2v) is 6.46. The molecule has 0 aromatic carbocycles. The Balaban J connectivity index is 2.99. The van der Waals surface area contributed by atoms with Crippen LogP contribution in [0.1, 0.15) is 57.7 Å². The lowest BCUT2D eigenvalue weighted by atomic mass is 10.1. The summed E-state index contributed by atoms with van der Waals surface area (Å²) >= 11 is 0. The van der Waals surface area contributed by atoms with Crippen molar-refractivity contribution >= 4 is 5.91 Å². The number of nitrogens with one attached hydrogen (secondary N) is 1. The van der Waals surface area contributed by atoms with Gasteiger partial charge in [-0.2, -0.15) is 5.10 Å². The first-order valence-electron chi connectivity index (χ1n) is 5.90. The van der Waals surface area contributed by atoms with Gasteiger partial charge in [0.2, 0.25) is 0 Å². The standard InChI is InChI=1S/C13H23N3O/c1-9-8-10(11(17)14-12(2,3)4)15-16(9)13(5,6)7/h8H,1-7H3,(H,14,17). The fourth-order valence-electron chi connectivity index (χ4n) is 1.67. The third kappa shape index (κ3) is 3.58. The summed E-state index contributed by atoms with van der Waals surface area (Å²) in [7, 11) is 0. The van der Waals surface area contributed by atoms with Gasteiger partial charge < -0.3 is 5.32 Å². The molecule has 0 aliphatic rings. The SMILES string of the molecule is Cc1cc(C(=O)NC(C)(C)C)nn1C(C)(C)C. The highest BCUT2D eigenvalue weighted by molar-refractivity contribution is 5.92. The molecule has 1 heterocycles. The molecule has 1 rings (SSSR count). The van der Waals surface area contributed by atoms with Crippen LogP contribution in [-0.4, -0.2) is 21.2 Å². The van der Waals surface area contributed by atoms with Crippen molar-refractivity contribution in [1.29, 1.82) is 0 Å². The zero-order valence-electron chi connectivity index (χ0n) is 11.9. The van der Waals surface area contributed by atoms with Crippen LogP contribution in [0.5, 0.6) is 0 Å². The van der Waals surface area contributed by atoms with E-state index in [2.05, 4.69) is 31.2 Å². The van der Waals surface area contributed by atoms with Gasteiger partial charge in [-0.1, -0.05) is 0 Å². The molecule has 0 fully saturated rings. The van der Waals surface area contributed by atoms with E-state index in [0.717, 1.165) is 5.69 Å². The lowest BCUT2D eigenvalue weighted by molar-refractivity contribution is 0.0913. The summed E-state index contributed by atoms with van der Waals surface area (Å²) < 4.78 is 1.88. The van der Waals surface area contributed by atoms with Gasteiger partial charge in [0.15, 0.2) is 0 Å².